The van der Waals surface area contributed by atoms with Gasteiger partial charge in [0, 0.05) is 31.5 Å². The molecule has 0 unspecified atom stereocenters. The number of hydrogen-bond donors (Lipinski definition) is 2. The summed E-state index contributed by atoms with van der Waals surface area (Å²) < 4.78 is 13.2. The van der Waals surface area contributed by atoms with Gasteiger partial charge in [-0.15, -0.1) is 0 Å². The molecule has 3 rings (SSSR count). The quantitative estimate of drug-likeness (QED) is 0.848. The van der Waals surface area contributed by atoms with Gasteiger partial charge in [0.1, 0.15) is 11.5 Å². The fraction of sp³-hybridized carbons (Fsp3) is 0.350. The Balaban J connectivity index is 1.37. The van der Waals surface area contributed by atoms with E-state index in [1.807, 2.05) is 0 Å². The molecule has 6 nitrogen and oxygen atoms in total. The van der Waals surface area contributed by atoms with Crippen LogP contribution >= 0.6 is 0 Å². The number of urea groups is 1. The Bertz CT molecular complexity index is 777. The van der Waals surface area contributed by atoms with Crippen molar-refractivity contribution in [3.63, 3.8) is 0 Å². The molecule has 0 saturated carbocycles. The standard InChI is InChI=1S/C20H23FN4O2/c21-16-4-3-5-17(14-16)24-20(27)25-12-8-15(9-13-25)7-11-23-19(26)18-6-1-2-10-22-18/h1-6,10,14-15H,7-9,11-13H2,(H,23,26)(H,24,27). The number of nitrogens with one attached hydrogen (secondary N) is 2. The van der Waals surface area contributed by atoms with Crippen molar-refractivity contribution in [3.05, 3.63) is 60.2 Å². The minimum Gasteiger partial charge on any atom is -0.351 e. The highest BCUT2D eigenvalue weighted by atomic mass is 19.1. The molecule has 1 aliphatic heterocycles. The lowest BCUT2D eigenvalue weighted by Crippen LogP contribution is -2.41. The Morgan fingerprint density at radius 1 is 1.15 bits per heavy atom. The molecule has 2 N–H and O–H groups in total. The van der Waals surface area contributed by atoms with Gasteiger partial charge >= 0.3 is 6.03 Å². The highest BCUT2D eigenvalue weighted by molar-refractivity contribution is 5.92. The SMILES string of the molecule is O=C(NCCC1CCN(C(=O)Nc2cccc(F)c2)CC1)c1ccccn1. The molecule has 1 aliphatic rings. The fourth-order valence-electron chi connectivity index (χ4n) is 3.17. The van der Waals surface area contributed by atoms with Crippen LogP contribution in [0.4, 0.5) is 14.9 Å². The van der Waals surface area contributed by atoms with Crippen molar-refractivity contribution >= 4 is 17.6 Å². The number of rotatable bonds is 5. The van der Waals surface area contributed by atoms with Crippen LogP contribution in [0, 0.1) is 11.7 Å². The first-order valence-electron chi connectivity index (χ1n) is 9.12. The molecule has 2 aromatic rings. The summed E-state index contributed by atoms with van der Waals surface area (Å²) in [4.78, 5) is 30.0. The van der Waals surface area contributed by atoms with Gasteiger partial charge in [-0.05, 0) is 55.5 Å². The third-order valence-corrected chi connectivity index (χ3v) is 4.71. The van der Waals surface area contributed by atoms with E-state index in [2.05, 4.69) is 15.6 Å². The summed E-state index contributed by atoms with van der Waals surface area (Å²) in [5.41, 5.74) is 0.876. The number of pyridine rings is 1. The second-order valence-corrected chi connectivity index (χ2v) is 6.63. The maximum Gasteiger partial charge on any atom is 0.321 e. The monoisotopic (exact) mass is 370 g/mol. The molecule has 0 atom stereocenters. The molecule has 2 heterocycles. The minimum absolute atomic E-state index is 0.164. The topological polar surface area (TPSA) is 74.3 Å². The number of aromatic nitrogens is 1. The number of carbonyl (C=O) groups excluding carboxylic acids is 2. The molecule has 0 bridgehead atoms. The Morgan fingerprint density at radius 2 is 1.96 bits per heavy atom. The molecule has 0 radical (unpaired) electrons. The van der Waals surface area contributed by atoms with Crippen molar-refractivity contribution in [2.45, 2.75) is 19.3 Å². The van der Waals surface area contributed by atoms with Crippen LogP contribution in [0.5, 0.6) is 0 Å². The zero-order valence-electron chi connectivity index (χ0n) is 15.0. The average Bonchev–Trinajstić information content (AvgIpc) is 2.69. The summed E-state index contributed by atoms with van der Waals surface area (Å²) in [5.74, 6) is -0.0750. The fourth-order valence-corrected chi connectivity index (χ4v) is 3.17. The lowest BCUT2D eigenvalue weighted by Gasteiger charge is -2.32. The van der Waals surface area contributed by atoms with Gasteiger partial charge in [0.05, 0.1) is 0 Å². The maximum atomic E-state index is 13.2. The number of piperidine rings is 1. The van der Waals surface area contributed by atoms with Gasteiger partial charge < -0.3 is 15.5 Å². The first kappa shape index (κ1) is 18.8. The molecule has 0 aliphatic carbocycles. The molecular weight excluding hydrogens is 347 g/mol. The number of amides is 3. The van der Waals surface area contributed by atoms with Crippen molar-refractivity contribution in [3.8, 4) is 0 Å². The Morgan fingerprint density at radius 3 is 2.67 bits per heavy atom. The number of nitrogens with zero attached hydrogens (tertiary/aromatic N) is 2. The van der Waals surface area contributed by atoms with E-state index in [4.69, 9.17) is 0 Å². The Hall–Kier alpha value is -2.96. The van der Waals surface area contributed by atoms with Gasteiger partial charge in [-0.3, -0.25) is 9.78 Å². The first-order valence-corrected chi connectivity index (χ1v) is 9.12. The van der Waals surface area contributed by atoms with Gasteiger partial charge in [-0.2, -0.15) is 0 Å². The van der Waals surface area contributed by atoms with E-state index in [0.29, 0.717) is 36.9 Å². The minimum atomic E-state index is -0.376. The Kier molecular flexibility index (Phi) is 6.35. The van der Waals surface area contributed by atoms with Crippen LogP contribution in [0.2, 0.25) is 0 Å². The largest absolute Gasteiger partial charge is 0.351 e. The van der Waals surface area contributed by atoms with E-state index in [-0.39, 0.29) is 17.8 Å². The molecule has 27 heavy (non-hydrogen) atoms. The molecule has 1 fully saturated rings. The van der Waals surface area contributed by atoms with Crippen LogP contribution in [0.1, 0.15) is 29.8 Å². The second kappa shape index (κ2) is 9.12. The van der Waals surface area contributed by atoms with Gasteiger partial charge in [0.2, 0.25) is 0 Å². The molecule has 0 spiro atoms. The van der Waals surface area contributed by atoms with Gasteiger partial charge in [-0.1, -0.05) is 12.1 Å². The van der Waals surface area contributed by atoms with Gasteiger partial charge in [0.15, 0.2) is 0 Å². The first-order chi connectivity index (χ1) is 13.1. The predicted octanol–water partition coefficient (Wildman–Crippen LogP) is 3.28. The van der Waals surface area contributed by atoms with Crippen molar-refractivity contribution < 1.29 is 14.0 Å². The van der Waals surface area contributed by atoms with Crippen LogP contribution in [0.3, 0.4) is 0 Å². The molecular formula is C20H23FN4O2. The predicted molar refractivity (Wildman–Crippen MR) is 101 cm³/mol. The molecule has 1 aromatic carbocycles. The zero-order valence-corrected chi connectivity index (χ0v) is 15.0. The van der Waals surface area contributed by atoms with Crippen molar-refractivity contribution in [1.29, 1.82) is 0 Å². The van der Waals surface area contributed by atoms with Crippen LogP contribution in [0.15, 0.2) is 48.7 Å². The lowest BCUT2D eigenvalue weighted by molar-refractivity contribution is 0.0944. The van der Waals surface area contributed by atoms with E-state index in [0.717, 1.165) is 19.3 Å². The van der Waals surface area contributed by atoms with Crippen LogP contribution in [-0.4, -0.2) is 41.5 Å². The number of anilines is 1. The second-order valence-electron chi connectivity index (χ2n) is 6.63. The molecule has 142 valence electrons. The molecule has 7 heteroatoms. The number of benzene rings is 1. The summed E-state index contributed by atoms with van der Waals surface area (Å²) in [6, 6.07) is 10.9. The zero-order chi connectivity index (χ0) is 19.1. The summed E-state index contributed by atoms with van der Waals surface area (Å²) in [6.45, 7) is 1.90. The lowest BCUT2D eigenvalue weighted by atomic mass is 9.93. The van der Waals surface area contributed by atoms with E-state index >= 15 is 0 Å². The van der Waals surface area contributed by atoms with Crippen LogP contribution in [-0.2, 0) is 0 Å². The van der Waals surface area contributed by atoms with Gasteiger partial charge in [0.25, 0.3) is 5.91 Å². The molecule has 3 amide bonds. The highest BCUT2D eigenvalue weighted by Crippen LogP contribution is 2.21. The van der Waals surface area contributed by atoms with E-state index in [9.17, 15) is 14.0 Å². The van der Waals surface area contributed by atoms with Crippen molar-refractivity contribution in [2.24, 2.45) is 5.92 Å². The number of likely N-dealkylation sites (tertiary alicyclic amines) is 1. The summed E-state index contributed by atoms with van der Waals surface area (Å²) in [5, 5.41) is 5.61. The maximum absolute atomic E-state index is 13.2. The molecule has 1 aromatic heterocycles. The summed E-state index contributed by atoms with van der Waals surface area (Å²) in [7, 11) is 0. The molecule has 1 saturated heterocycles. The van der Waals surface area contributed by atoms with Crippen LogP contribution < -0.4 is 10.6 Å². The summed E-state index contributed by atoms with van der Waals surface area (Å²) in [6.07, 6.45) is 4.24. The highest BCUT2D eigenvalue weighted by Gasteiger charge is 2.23. The van der Waals surface area contributed by atoms with E-state index in [1.165, 1.54) is 12.1 Å². The van der Waals surface area contributed by atoms with E-state index < -0.39 is 0 Å². The normalized spacial score (nSPS) is 14.6. The number of carbonyl (C=O) groups is 2. The van der Waals surface area contributed by atoms with Gasteiger partial charge in [-0.25, -0.2) is 9.18 Å². The Labute approximate surface area is 157 Å². The summed E-state index contributed by atoms with van der Waals surface area (Å²) >= 11 is 0. The number of halogens is 1. The smallest absolute Gasteiger partial charge is 0.321 e. The van der Waals surface area contributed by atoms with Crippen molar-refractivity contribution in [2.75, 3.05) is 25.0 Å². The average molecular weight is 370 g/mol. The third kappa shape index (κ3) is 5.51. The van der Waals surface area contributed by atoms with E-state index in [1.54, 1.807) is 41.4 Å². The number of hydrogen-bond acceptors (Lipinski definition) is 3. The van der Waals surface area contributed by atoms with Crippen LogP contribution in [0.25, 0.3) is 0 Å². The third-order valence-electron chi connectivity index (χ3n) is 4.71. The van der Waals surface area contributed by atoms with Crippen molar-refractivity contribution in [1.82, 2.24) is 15.2 Å².